The maximum atomic E-state index is 12.6. The Morgan fingerprint density at radius 1 is 1.22 bits per heavy atom. The van der Waals surface area contributed by atoms with Crippen molar-refractivity contribution >= 4 is 34.4 Å². The summed E-state index contributed by atoms with van der Waals surface area (Å²) < 4.78 is 9.93. The van der Waals surface area contributed by atoms with Crippen molar-refractivity contribution < 1.29 is 9.84 Å². The maximum Gasteiger partial charge on any atom is 0.329 e. The van der Waals surface area contributed by atoms with E-state index >= 15 is 0 Å². The van der Waals surface area contributed by atoms with E-state index in [0.717, 1.165) is 11.4 Å². The third-order valence-electron chi connectivity index (χ3n) is 4.90. The average molecular weight is 479 g/mol. The molecule has 2 N–H and O–H groups in total. The van der Waals surface area contributed by atoms with E-state index in [0.29, 0.717) is 21.7 Å². The van der Waals surface area contributed by atoms with Crippen LogP contribution in [0.15, 0.2) is 33.9 Å². The first-order chi connectivity index (χ1) is 15.2. The van der Waals surface area contributed by atoms with Gasteiger partial charge in [-0.15, -0.1) is 0 Å². The molecule has 0 aliphatic rings. The van der Waals surface area contributed by atoms with E-state index in [1.807, 2.05) is 19.9 Å². The number of halogens is 2. The third kappa shape index (κ3) is 4.04. The molecular weight excluding hydrogens is 459 g/mol. The fourth-order valence-corrected chi connectivity index (χ4v) is 3.89. The zero-order valence-corrected chi connectivity index (χ0v) is 19.0. The largest absolute Gasteiger partial charge is 0.489 e. The summed E-state index contributed by atoms with van der Waals surface area (Å²) in [5.74, 6) is 0.658. The van der Waals surface area contributed by atoms with Crippen LogP contribution < -0.4 is 16.0 Å². The number of ether oxygens (including phenoxy) is 1. The Hall–Kier alpha value is -3.08. The molecule has 0 unspecified atom stereocenters. The lowest BCUT2D eigenvalue weighted by atomic mass is 10.3. The van der Waals surface area contributed by atoms with Gasteiger partial charge < -0.3 is 9.84 Å². The molecule has 0 saturated heterocycles. The number of aliphatic hydroxyl groups is 1. The van der Waals surface area contributed by atoms with Crippen LogP contribution in [0.5, 0.6) is 5.75 Å². The Morgan fingerprint density at radius 3 is 2.62 bits per heavy atom. The number of aromatic amines is 1. The monoisotopic (exact) mass is 478 g/mol. The van der Waals surface area contributed by atoms with Crippen LogP contribution in [0, 0.1) is 13.8 Å². The number of fused-ring (bicyclic) bond motifs is 1. The normalized spacial score (nSPS) is 12.4. The second-order valence-electron chi connectivity index (χ2n) is 7.39. The highest BCUT2D eigenvalue weighted by atomic mass is 35.5. The smallest absolute Gasteiger partial charge is 0.329 e. The number of benzene rings is 1. The van der Waals surface area contributed by atoms with Crippen LogP contribution in [0.4, 0.5) is 0 Å². The predicted molar refractivity (Wildman–Crippen MR) is 120 cm³/mol. The molecule has 4 rings (SSSR count). The lowest BCUT2D eigenvalue weighted by Gasteiger charge is -2.16. The highest BCUT2D eigenvalue weighted by molar-refractivity contribution is 6.35. The zero-order chi connectivity index (χ0) is 23.2. The minimum Gasteiger partial charge on any atom is -0.489 e. The minimum absolute atomic E-state index is 0.0450. The van der Waals surface area contributed by atoms with Crippen molar-refractivity contribution in [1.82, 2.24) is 28.9 Å². The van der Waals surface area contributed by atoms with Gasteiger partial charge in [0.05, 0.1) is 17.3 Å². The molecule has 0 bridgehead atoms. The average Bonchev–Trinajstić information content (AvgIpc) is 3.25. The summed E-state index contributed by atoms with van der Waals surface area (Å²) in [5.41, 5.74) is 0.642. The van der Waals surface area contributed by atoms with Gasteiger partial charge in [-0.2, -0.15) is 10.1 Å². The second kappa shape index (κ2) is 8.45. The fourth-order valence-electron chi connectivity index (χ4n) is 3.43. The molecule has 0 radical (unpaired) electrons. The van der Waals surface area contributed by atoms with Crippen LogP contribution in [-0.4, -0.2) is 46.7 Å². The second-order valence-corrected chi connectivity index (χ2v) is 8.24. The third-order valence-corrected chi connectivity index (χ3v) is 5.43. The van der Waals surface area contributed by atoms with Crippen molar-refractivity contribution in [2.45, 2.75) is 26.5 Å². The van der Waals surface area contributed by atoms with Gasteiger partial charge in [0.2, 0.25) is 5.95 Å². The standard InChI is InChI=1S/C20H20Cl2N6O4/c1-10-6-11(2)28(25-10)19-23-17-16(18(30)24-20(31)26(17)3)27(19)8-13(29)9-32-15-5-4-12(21)7-14(15)22/h4-7,13,29H,8-9H2,1-3H3,(H,24,30,31)/t13-/m1/s1. The predicted octanol–water partition coefficient (Wildman–Crippen LogP) is 1.97. The minimum atomic E-state index is -1.04. The molecule has 0 amide bonds. The summed E-state index contributed by atoms with van der Waals surface area (Å²) in [6.07, 6.45) is -1.04. The van der Waals surface area contributed by atoms with Gasteiger partial charge in [-0.3, -0.25) is 18.9 Å². The summed E-state index contributed by atoms with van der Waals surface area (Å²) in [6, 6.07) is 6.62. The van der Waals surface area contributed by atoms with Gasteiger partial charge in [0.15, 0.2) is 11.2 Å². The highest BCUT2D eigenvalue weighted by Gasteiger charge is 2.22. The number of hydrogen-bond donors (Lipinski definition) is 2. The van der Waals surface area contributed by atoms with Crippen molar-refractivity contribution in [1.29, 1.82) is 0 Å². The molecule has 0 aliphatic carbocycles. The Balaban J connectivity index is 1.74. The van der Waals surface area contributed by atoms with Crippen LogP contribution in [-0.2, 0) is 13.6 Å². The Morgan fingerprint density at radius 2 is 1.97 bits per heavy atom. The highest BCUT2D eigenvalue weighted by Crippen LogP contribution is 2.27. The van der Waals surface area contributed by atoms with E-state index in [4.69, 9.17) is 27.9 Å². The van der Waals surface area contributed by atoms with Crippen LogP contribution in [0.2, 0.25) is 10.0 Å². The zero-order valence-electron chi connectivity index (χ0n) is 17.5. The summed E-state index contributed by atoms with van der Waals surface area (Å²) >= 11 is 12.0. The fraction of sp³-hybridized carbons (Fsp3) is 0.300. The first kappa shape index (κ1) is 22.1. The Bertz CT molecular complexity index is 1430. The topological polar surface area (TPSA) is 120 Å². The number of aliphatic hydroxyl groups excluding tert-OH is 1. The molecule has 168 valence electrons. The van der Waals surface area contributed by atoms with Crippen molar-refractivity contribution in [3.63, 3.8) is 0 Å². The van der Waals surface area contributed by atoms with Gasteiger partial charge >= 0.3 is 5.69 Å². The molecule has 0 fully saturated rings. The summed E-state index contributed by atoms with van der Waals surface area (Å²) in [4.78, 5) is 31.5. The van der Waals surface area contributed by atoms with Crippen LogP contribution in [0.3, 0.4) is 0 Å². The van der Waals surface area contributed by atoms with Crippen molar-refractivity contribution in [3.05, 3.63) is 66.5 Å². The first-order valence-electron chi connectivity index (χ1n) is 9.64. The molecule has 0 aliphatic heterocycles. The quantitative estimate of drug-likeness (QED) is 0.437. The van der Waals surface area contributed by atoms with Gasteiger partial charge in [-0.1, -0.05) is 23.2 Å². The number of nitrogens with one attached hydrogen (secondary N) is 1. The van der Waals surface area contributed by atoms with Gasteiger partial charge in [-0.25, -0.2) is 9.48 Å². The first-order valence-corrected chi connectivity index (χ1v) is 10.4. The number of H-pyrrole nitrogens is 1. The van der Waals surface area contributed by atoms with E-state index in [9.17, 15) is 14.7 Å². The SMILES string of the molecule is Cc1cc(C)n(-c2nc3c(c(=O)[nH]c(=O)n3C)n2C[C@@H](O)COc2ccc(Cl)cc2Cl)n1. The van der Waals surface area contributed by atoms with Gasteiger partial charge in [0.25, 0.3) is 5.56 Å². The maximum absolute atomic E-state index is 12.6. The molecular formula is C20H20Cl2N6O4. The van der Waals surface area contributed by atoms with Crippen molar-refractivity contribution in [2.75, 3.05) is 6.61 Å². The number of aromatic nitrogens is 6. The molecule has 1 atom stereocenters. The summed E-state index contributed by atoms with van der Waals surface area (Å²) in [5, 5.41) is 15.9. The Labute approximate surface area is 191 Å². The van der Waals surface area contributed by atoms with Gasteiger partial charge in [0, 0.05) is 17.8 Å². The van der Waals surface area contributed by atoms with E-state index in [1.54, 1.807) is 16.8 Å². The van der Waals surface area contributed by atoms with Crippen molar-refractivity contribution in [3.8, 4) is 11.7 Å². The lowest BCUT2D eigenvalue weighted by Crippen LogP contribution is -2.31. The number of rotatable bonds is 6. The van der Waals surface area contributed by atoms with Crippen LogP contribution >= 0.6 is 23.2 Å². The van der Waals surface area contributed by atoms with Crippen LogP contribution in [0.1, 0.15) is 11.4 Å². The van der Waals surface area contributed by atoms with E-state index in [1.165, 1.54) is 22.2 Å². The Kier molecular flexibility index (Phi) is 5.85. The summed E-state index contributed by atoms with van der Waals surface area (Å²) in [7, 11) is 1.50. The van der Waals surface area contributed by atoms with Crippen molar-refractivity contribution in [2.24, 2.45) is 7.05 Å². The molecule has 3 aromatic heterocycles. The molecule has 12 heteroatoms. The molecule has 0 spiro atoms. The molecule has 32 heavy (non-hydrogen) atoms. The lowest BCUT2D eigenvalue weighted by molar-refractivity contribution is 0.0932. The van der Waals surface area contributed by atoms with Gasteiger partial charge in [0.1, 0.15) is 18.5 Å². The number of nitrogens with zero attached hydrogens (tertiary/aromatic N) is 5. The number of hydrogen-bond acceptors (Lipinski definition) is 6. The van der Waals surface area contributed by atoms with E-state index in [-0.39, 0.29) is 24.3 Å². The van der Waals surface area contributed by atoms with E-state index in [2.05, 4.69) is 15.1 Å². The van der Waals surface area contributed by atoms with Gasteiger partial charge in [-0.05, 0) is 38.1 Å². The summed E-state index contributed by atoms with van der Waals surface area (Å²) in [6.45, 7) is 3.52. The molecule has 0 saturated carbocycles. The number of imidazole rings is 1. The molecule has 10 nitrogen and oxygen atoms in total. The molecule has 4 aromatic rings. The molecule has 3 heterocycles. The number of aryl methyl sites for hydroxylation is 3. The van der Waals surface area contributed by atoms with Crippen LogP contribution in [0.25, 0.3) is 17.1 Å². The van der Waals surface area contributed by atoms with E-state index < -0.39 is 17.4 Å². The molecule has 1 aromatic carbocycles.